The first kappa shape index (κ1) is 11.3. The average molecular weight is 224 g/mol. The van der Waals surface area contributed by atoms with Gasteiger partial charge >= 0.3 is 0 Å². The van der Waals surface area contributed by atoms with E-state index < -0.39 is 5.95 Å². The molecule has 0 saturated carbocycles. The van der Waals surface area contributed by atoms with Crippen LogP contribution in [0.4, 0.5) is 10.2 Å². The highest BCUT2D eigenvalue weighted by Gasteiger charge is 2.26. The molecule has 0 amide bonds. The number of halogens is 1. The van der Waals surface area contributed by atoms with Crippen molar-refractivity contribution < 1.29 is 9.13 Å². The molecule has 16 heavy (non-hydrogen) atoms. The molecule has 0 aromatic carbocycles. The summed E-state index contributed by atoms with van der Waals surface area (Å²) in [5, 5.41) is 0. The lowest BCUT2D eigenvalue weighted by Crippen LogP contribution is -2.44. The summed E-state index contributed by atoms with van der Waals surface area (Å²) in [7, 11) is 1.73. The number of piperidine rings is 1. The molecule has 1 fully saturated rings. The van der Waals surface area contributed by atoms with Gasteiger partial charge in [0.2, 0.25) is 5.95 Å². The van der Waals surface area contributed by atoms with Crippen LogP contribution in [0.2, 0.25) is 0 Å². The first-order valence-electron chi connectivity index (χ1n) is 5.61. The highest BCUT2D eigenvalue weighted by Crippen LogP contribution is 2.23. The number of hydrogen-bond donors (Lipinski definition) is 0. The smallest absolute Gasteiger partial charge is 0.214 e. The fraction of sp³-hybridized carbons (Fsp3) is 0.583. The van der Waals surface area contributed by atoms with Crippen LogP contribution in [-0.2, 0) is 4.74 Å². The molecule has 1 aromatic rings. The maximum atomic E-state index is 13.0. The van der Waals surface area contributed by atoms with Crippen LogP contribution in [0.15, 0.2) is 18.2 Å². The van der Waals surface area contributed by atoms with Gasteiger partial charge < -0.3 is 9.64 Å². The lowest BCUT2D eigenvalue weighted by molar-refractivity contribution is 0.0496. The quantitative estimate of drug-likeness (QED) is 0.719. The van der Waals surface area contributed by atoms with Crippen LogP contribution in [0, 0.1) is 11.9 Å². The molecule has 2 unspecified atom stereocenters. The van der Waals surface area contributed by atoms with E-state index >= 15 is 0 Å². The van der Waals surface area contributed by atoms with Gasteiger partial charge in [-0.1, -0.05) is 13.0 Å². The summed E-state index contributed by atoms with van der Waals surface area (Å²) in [4.78, 5) is 5.97. The number of pyridine rings is 1. The Labute approximate surface area is 95.2 Å². The largest absolute Gasteiger partial charge is 0.379 e. The maximum Gasteiger partial charge on any atom is 0.214 e. The molecule has 3 nitrogen and oxygen atoms in total. The molecule has 88 valence electrons. The minimum Gasteiger partial charge on any atom is -0.379 e. The molecule has 2 rings (SSSR count). The van der Waals surface area contributed by atoms with Gasteiger partial charge in [0, 0.05) is 20.2 Å². The van der Waals surface area contributed by atoms with Crippen LogP contribution in [-0.4, -0.2) is 31.3 Å². The van der Waals surface area contributed by atoms with Crippen LogP contribution in [0.25, 0.3) is 0 Å². The normalized spacial score (nSPS) is 25.8. The Morgan fingerprint density at radius 3 is 3.00 bits per heavy atom. The maximum absolute atomic E-state index is 13.0. The molecule has 1 aromatic heterocycles. The summed E-state index contributed by atoms with van der Waals surface area (Å²) in [6, 6.07) is 4.90. The molecule has 1 aliphatic rings. The number of aromatic nitrogens is 1. The molecule has 0 N–H and O–H groups in total. The van der Waals surface area contributed by atoms with E-state index in [0.717, 1.165) is 19.5 Å². The summed E-state index contributed by atoms with van der Waals surface area (Å²) in [5.74, 6) is 0.828. The Morgan fingerprint density at radius 2 is 2.31 bits per heavy atom. The predicted molar refractivity (Wildman–Crippen MR) is 61.0 cm³/mol. The van der Waals surface area contributed by atoms with Gasteiger partial charge in [0.1, 0.15) is 5.82 Å². The molecule has 2 heterocycles. The lowest BCUT2D eigenvalue weighted by atomic mass is 9.96. The molecule has 0 spiro atoms. The van der Waals surface area contributed by atoms with E-state index in [1.165, 1.54) is 6.07 Å². The van der Waals surface area contributed by atoms with Crippen LogP contribution in [0.5, 0.6) is 0 Å². The zero-order valence-corrected chi connectivity index (χ0v) is 9.69. The Kier molecular flexibility index (Phi) is 3.39. The molecule has 1 saturated heterocycles. The van der Waals surface area contributed by atoms with Gasteiger partial charge in [-0.25, -0.2) is 4.98 Å². The minimum absolute atomic E-state index is 0.207. The predicted octanol–water partition coefficient (Wildman–Crippen LogP) is 2.08. The summed E-state index contributed by atoms with van der Waals surface area (Å²) in [5.41, 5.74) is 0. The number of rotatable bonds is 2. The van der Waals surface area contributed by atoms with E-state index in [4.69, 9.17) is 4.74 Å². The third kappa shape index (κ3) is 2.32. The Balaban J connectivity index is 2.11. The molecule has 0 bridgehead atoms. The molecular formula is C12H17FN2O. The number of methoxy groups -OCH3 is 1. The highest BCUT2D eigenvalue weighted by atomic mass is 19.1. The standard InChI is InChI=1S/C12H17FN2O/c1-9-6-7-15(8-10(9)16-2)12-5-3-4-11(13)14-12/h3-5,9-10H,6-8H2,1-2H3. The van der Waals surface area contributed by atoms with Gasteiger partial charge in [-0.3, -0.25) is 0 Å². The SMILES string of the molecule is COC1CN(c2cccc(F)n2)CCC1C. The van der Waals surface area contributed by atoms with Crippen molar-refractivity contribution >= 4 is 5.82 Å². The van der Waals surface area contributed by atoms with Crippen LogP contribution >= 0.6 is 0 Å². The van der Waals surface area contributed by atoms with Crippen molar-refractivity contribution in [3.63, 3.8) is 0 Å². The highest BCUT2D eigenvalue weighted by molar-refractivity contribution is 5.38. The summed E-state index contributed by atoms with van der Waals surface area (Å²) >= 11 is 0. The van der Waals surface area contributed by atoms with Crippen LogP contribution in [0.1, 0.15) is 13.3 Å². The van der Waals surface area contributed by atoms with Crippen molar-refractivity contribution in [1.82, 2.24) is 4.98 Å². The summed E-state index contributed by atoms with van der Waals surface area (Å²) in [6.07, 6.45) is 1.26. The van der Waals surface area contributed by atoms with Gasteiger partial charge in [-0.2, -0.15) is 4.39 Å². The Bertz CT molecular complexity index is 359. The van der Waals surface area contributed by atoms with Crippen molar-refractivity contribution in [1.29, 1.82) is 0 Å². The van der Waals surface area contributed by atoms with E-state index in [1.54, 1.807) is 13.2 Å². The third-order valence-corrected chi connectivity index (χ3v) is 3.22. The first-order chi connectivity index (χ1) is 7.70. The average Bonchev–Trinajstić information content (AvgIpc) is 2.29. The number of hydrogen-bond acceptors (Lipinski definition) is 3. The minimum atomic E-state index is -0.426. The van der Waals surface area contributed by atoms with Crippen molar-refractivity contribution in [2.45, 2.75) is 19.4 Å². The topological polar surface area (TPSA) is 25.4 Å². The van der Waals surface area contributed by atoms with E-state index in [2.05, 4.69) is 16.8 Å². The molecular weight excluding hydrogens is 207 g/mol. The van der Waals surface area contributed by atoms with E-state index in [0.29, 0.717) is 11.7 Å². The molecule has 4 heteroatoms. The monoisotopic (exact) mass is 224 g/mol. The second-order valence-corrected chi connectivity index (χ2v) is 4.30. The van der Waals surface area contributed by atoms with Gasteiger partial charge in [0.25, 0.3) is 0 Å². The number of ether oxygens (including phenoxy) is 1. The van der Waals surface area contributed by atoms with E-state index in [1.807, 2.05) is 6.07 Å². The van der Waals surface area contributed by atoms with Crippen molar-refractivity contribution in [2.24, 2.45) is 5.92 Å². The number of nitrogens with zero attached hydrogens (tertiary/aromatic N) is 2. The van der Waals surface area contributed by atoms with Crippen molar-refractivity contribution in [2.75, 3.05) is 25.1 Å². The fourth-order valence-electron chi connectivity index (χ4n) is 2.12. The molecule has 1 aliphatic heterocycles. The number of anilines is 1. The Hall–Kier alpha value is -1.16. The summed E-state index contributed by atoms with van der Waals surface area (Å²) < 4.78 is 18.4. The van der Waals surface area contributed by atoms with Gasteiger partial charge in [-0.05, 0) is 24.5 Å². The summed E-state index contributed by atoms with van der Waals surface area (Å²) in [6.45, 7) is 3.89. The van der Waals surface area contributed by atoms with Crippen molar-refractivity contribution in [3.05, 3.63) is 24.1 Å². The zero-order chi connectivity index (χ0) is 11.5. The lowest BCUT2D eigenvalue weighted by Gasteiger charge is -2.36. The van der Waals surface area contributed by atoms with Crippen LogP contribution in [0.3, 0.4) is 0 Å². The van der Waals surface area contributed by atoms with Gasteiger partial charge in [0.05, 0.1) is 6.10 Å². The van der Waals surface area contributed by atoms with E-state index in [9.17, 15) is 4.39 Å². The molecule has 2 atom stereocenters. The molecule has 0 radical (unpaired) electrons. The van der Waals surface area contributed by atoms with Gasteiger partial charge in [0.15, 0.2) is 0 Å². The van der Waals surface area contributed by atoms with E-state index in [-0.39, 0.29) is 6.10 Å². The first-order valence-corrected chi connectivity index (χ1v) is 5.61. The fourth-order valence-corrected chi connectivity index (χ4v) is 2.12. The second kappa shape index (κ2) is 4.78. The Morgan fingerprint density at radius 1 is 1.50 bits per heavy atom. The third-order valence-electron chi connectivity index (χ3n) is 3.22. The van der Waals surface area contributed by atoms with Crippen molar-refractivity contribution in [3.8, 4) is 0 Å². The second-order valence-electron chi connectivity index (χ2n) is 4.30. The molecule has 0 aliphatic carbocycles. The van der Waals surface area contributed by atoms with Crippen LogP contribution < -0.4 is 4.90 Å². The van der Waals surface area contributed by atoms with Gasteiger partial charge in [-0.15, -0.1) is 0 Å². The zero-order valence-electron chi connectivity index (χ0n) is 9.69.